The molecule has 0 aromatic heterocycles. The van der Waals surface area contributed by atoms with E-state index in [1.807, 2.05) is 25.8 Å². The second-order valence-electron chi connectivity index (χ2n) is 5.99. The van der Waals surface area contributed by atoms with Crippen molar-refractivity contribution in [1.82, 2.24) is 4.90 Å². The zero-order valence-corrected chi connectivity index (χ0v) is 13.2. The van der Waals surface area contributed by atoms with Crippen LogP contribution in [0.2, 0.25) is 0 Å². The minimum atomic E-state index is 0.0733. The molecule has 0 aliphatic heterocycles. The molecule has 2 atom stereocenters. The molecule has 20 heavy (non-hydrogen) atoms. The highest BCUT2D eigenvalue weighted by Gasteiger charge is 2.17. The minimum absolute atomic E-state index is 0.0733. The Hall–Kier alpha value is -1.35. The lowest BCUT2D eigenvalue weighted by Crippen LogP contribution is -2.31. The maximum atomic E-state index is 12.3. The summed E-state index contributed by atoms with van der Waals surface area (Å²) in [5.74, 6) is 0.291. The van der Waals surface area contributed by atoms with Crippen molar-refractivity contribution < 1.29 is 4.79 Å². The first-order chi connectivity index (χ1) is 9.40. The molecule has 0 bridgehead atoms. The van der Waals surface area contributed by atoms with E-state index in [0.717, 1.165) is 19.3 Å². The van der Waals surface area contributed by atoms with Crippen molar-refractivity contribution in [3.63, 3.8) is 0 Å². The number of hydrogen-bond donors (Lipinski definition) is 1. The lowest BCUT2D eigenvalue weighted by molar-refractivity contribution is -0.134. The number of rotatable bonds is 7. The Labute approximate surface area is 123 Å². The summed E-state index contributed by atoms with van der Waals surface area (Å²) < 4.78 is 0. The van der Waals surface area contributed by atoms with Crippen LogP contribution in [0, 0.1) is 12.8 Å². The molecule has 3 heteroatoms. The molecular weight excluding hydrogens is 248 g/mol. The minimum Gasteiger partial charge on any atom is -0.341 e. The van der Waals surface area contributed by atoms with Gasteiger partial charge in [-0.3, -0.25) is 4.79 Å². The second kappa shape index (κ2) is 8.05. The molecular formula is C17H28N2O. The van der Waals surface area contributed by atoms with Gasteiger partial charge in [0.15, 0.2) is 0 Å². The summed E-state index contributed by atoms with van der Waals surface area (Å²) in [5.41, 5.74) is 8.15. The van der Waals surface area contributed by atoms with E-state index in [-0.39, 0.29) is 17.9 Å². The Morgan fingerprint density at radius 2 is 1.80 bits per heavy atom. The first-order valence-electron chi connectivity index (χ1n) is 7.46. The lowest BCUT2D eigenvalue weighted by atomic mass is 10.0. The third-order valence-electron chi connectivity index (χ3n) is 3.63. The highest BCUT2D eigenvalue weighted by atomic mass is 16.2. The zero-order valence-electron chi connectivity index (χ0n) is 13.2. The van der Waals surface area contributed by atoms with E-state index in [9.17, 15) is 4.79 Å². The monoisotopic (exact) mass is 276 g/mol. The maximum absolute atomic E-state index is 12.3. The fourth-order valence-corrected chi connectivity index (χ4v) is 2.29. The molecule has 112 valence electrons. The maximum Gasteiger partial charge on any atom is 0.225 e. The van der Waals surface area contributed by atoms with Gasteiger partial charge in [0, 0.05) is 25.6 Å². The van der Waals surface area contributed by atoms with Crippen molar-refractivity contribution in [3.8, 4) is 0 Å². The van der Waals surface area contributed by atoms with Crippen molar-refractivity contribution in [2.24, 2.45) is 11.7 Å². The van der Waals surface area contributed by atoms with Gasteiger partial charge < -0.3 is 10.6 Å². The van der Waals surface area contributed by atoms with E-state index in [2.05, 4.69) is 31.2 Å². The first kappa shape index (κ1) is 16.7. The number of carbonyl (C=O) groups is 1. The topological polar surface area (TPSA) is 46.3 Å². The molecule has 0 aliphatic rings. The molecule has 1 rings (SSSR count). The zero-order chi connectivity index (χ0) is 15.1. The molecule has 3 nitrogen and oxygen atoms in total. The van der Waals surface area contributed by atoms with Gasteiger partial charge in [-0.15, -0.1) is 0 Å². The predicted molar refractivity (Wildman–Crippen MR) is 84.3 cm³/mol. The van der Waals surface area contributed by atoms with E-state index < -0.39 is 0 Å². The molecule has 2 N–H and O–H groups in total. The van der Waals surface area contributed by atoms with Gasteiger partial charge in [-0.05, 0) is 32.3 Å². The van der Waals surface area contributed by atoms with Gasteiger partial charge in [0.1, 0.15) is 0 Å². The summed E-state index contributed by atoms with van der Waals surface area (Å²) in [7, 11) is 1.88. The molecule has 0 saturated heterocycles. The third kappa shape index (κ3) is 5.74. The van der Waals surface area contributed by atoms with E-state index in [4.69, 9.17) is 5.73 Å². The van der Waals surface area contributed by atoms with Crippen LogP contribution in [0.3, 0.4) is 0 Å². The number of hydrogen-bond acceptors (Lipinski definition) is 2. The fourth-order valence-electron chi connectivity index (χ4n) is 2.29. The fraction of sp³-hybridized carbons (Fsp3) is 0.588. The number of nitrogens with two attached hydrogens (primary N) is 1. The van der Waals surface area contributed by atoms with Gasteiger partial charge in [0.05, 0.1) is 0 Å². The number of carbonyl (C=O) groups excluding carboxylic acids is 1. The van der Waals surface area contributed by atoms with Crippen molar-refractivity contribution in [2.75, 3.05) is 7.05 Å². The Kier molecular flexibility index (Phi) is 6.73. The van der Waals surface area contributed by atoms with Gasteiger partial charge in [-0.25, -0.2) is 0 Å². The summed E-state index contributed by atoms with van der Waals surface area (Å²) in [5, 5.41) is 0. The van der Waals surface area contributed by atoms with Crippen LogP contribution < -0.4 is 5.73 Å². The van der Waals surface area contributed by atoms with Crippen LogP contribution in [0.15, 0.2) is 24.3 Å². The first-order valence-corrected chi connectivity index (χ1v) is 7.46. The summed E-state index contributed by atoms with van der Waals surface area (Å²) in [4.78, 5) is 14.1. The Morgan fingerprint density at radius 1 is 1.20 bits per heavy atom. The van der Waals surface area contributed by atoms with E-state index >= 15 is 0 Å². The number of aryl methyl sites for hydroxylation is 1. The normalized spacial score (nSPS) is 13.8. The summed E-state index contributed by atoms with van der Waals surface area (Å²) in [6.07, 6.45) is 2.92. The predicted octanol–water partition coefficient (Wildman–Crippen LogP) is 3.11. The van der Waals surface area contributed by atoms with Gasteiger partial charge in [0.25, 0.3) is 0 Å². The molecule has 0 saturated carbocycles. The van der Waals surface area contributed by atoms with Gasteiger partial charge in [-0.2, -0.15) is 0 Å². The van der Waals surface area contributed by atoms with Crippen molar-refractivity contribution >= 4 is 5.91 Å². The van der Waals surface area contributed by atoms with E-state index in [1.165, 1.54) is 11.1 Å². The Morgan fingerprint density at radius 3 is 2.35 bits per heavy atom. The molecule has 1 aromatic rings. The van der Waals surface area contributed by atoms with Crippen molar-refractivity contribution in [1.29, 1.82) is 0 Å². The second-order valence-corrected chi connectivity index (χ2v) is 5.99. The highest BCUT2D eigenvalue weighted by molar-refractivity contribution is 5.78. The van der Waals surface area contributed by atoms with E-state index in [1.54, 1.807) is 0 Å². The lowest BCUT2D eigenvalue weighted by Gasteiger charge is -2.22. The summed E-state index contributed by atoms with van der Waals surface area (Å²) >= 11 is 0. The van der Waals surface area contributed by atoms with Crippen molar-refractivity contribution in [3.05, 3.63) is 35.4 Å². The van der Waals surface area contributed by atoms with Gasteiger partial charge in [-0.1, -0.05) is 43.2 Å². The van der Waals surface area contributed by atoms with Crippen LogP contribution in [-0.2, 0) is 11.3 Å². The SMILES string of the molecule is Cc1ccc(CN(C)C(=O)C(C)CCCC(C)N)cc1. The van der Waals surface area contributed by atoms with Crippen LogP contribution in [0.1, 0.15) is 44.2 Å². The molecule has 0 radical (unpaired) electrons. The van der Waals surface area contributed by atoms with Crippen LogP contribution in [-0.4, -0.2) is 23.9 Å². The van der Waals surface area contributed by atoms with Crippen molar-refractivity contribution in [2.45, 2.75) is 52.6 Å². The van der Waals surface area contributed by atoms with Gasteiger partial charge in [0.2, 0.25) is 5.91 Å². The van der Waals surface area contributed by atoms with Crippen LogP contribution in [0.5, 0.6) is 0 Å². The smallest absolute Gasteiger partial charge is 0.225 e. The standard InChI is InChI=1S/C17H28N2O/c1-13-8-10-16(11-9-13)12-19(4)17(20)14(2)6-5-7-15(3)18/h8-11,14-15H,5-7,12,18H2,1-4H3. The van der Waals surface area contributed by atoms with Crippen LogP contribution in [0.25, 0.3) is 0 Å². The van der Waals surface area contributed by atoms with E-state index in [0.29, 0.717) is 6.54 Å². The molecule has 2 unspecified atom stereocenters. The molecule has 1 aromatic carbocycles. The third-order valence-corrected chi connectivity index (χ3v) is 3.63. The average molecular weight is 276 g/mol. The number of benzene rings is 1. The molecule has 1 amide bonds. The molecule has 0 fully saturated rings. The molecule has 0 aliphatic carbocycles. The Balaban J connectivity index is 2.43. The van der Waals surface area contributed by atoms with Crippen LogP contribution >= 0.6 is 0 Å². The number of amides is 1. The van der Waals surface area contributed by atoms with Crippen LogP contribution in [0.4, 0.5) is 0 Å². The Bertz CT molecular complexity index is 412. The van der Waals surface area contributed by atoms with Gasteiger partial charge >= 0.3 is 0 Å². The quantitative estimate of drug-likeness (QED) is 0.831. The molecule has 0 heterocycles. The summed E-state index contributed by atoms with van der Waals surface area (Å²) in [6, 6.07) is 8.56. The average Bonchev–Trinajstić information content (AvgIpc) is 2.39. The molecule has 0 spiro atoms. The largest absolute Gasteiger partial charge is 0.341 e. The summed E-state index contributed by atoms with van der Waals surface area (Å²) in [6.45, 7) is 6.76. The number of nitrogens with zero attached hydrogens (tertiary/aromatic N) is 1. The highest BCUT2D eigenvalue weighted by Crippen LogP contribution is 2.14.